The van der Waals surface area contributed by atoms with Gasteiger partial charge >= 0.3 is 5.97 Å². The molecule has 8 nitrogen and oxygen atoms in total. The highest BCUT2D eigenvalue weighted by Gasteiger charge is 2.61. The molecule has 1 fully saturated rings. The lowest BCUT2D eigenvalue weighted by Gasteiger charge is -2.38. The maximum atomic E-state index is 14.3. The largest absolute Gasteiger partial charge is 0.495 e. The number of amides is 2. The SMILES string of the molecule is COc1ccccc1N1C(=O)[C@@H]2[C@@H]3C(=O)Oc4ccc5ccccc5c4C3=C[C@H](c3ccc4c(c3)OCO4)[C@H]2C1=O. The molecular weight excluding hydrogens is 522 g/mol. The van der Waals surface area contributed by atoms with E-state index in [9.17, 15) is 14.4 Å². The van der Waals surface area contributed by atoms with Gasteiger partial charge in [-0.3, -0.25) is 14.4 Å². The molecule has 8 rings (SSSR count). The highest BCUT2D eigenvalue weighted by atomic mass is 16.7. The fourth-order valence-electron chi connectivity index (χ4n) is 6.83. The minimum atomic E-state index is -0.970. The third kappa shape index (κ3) is 3.30. The first kappa shape index (κ1) is 23.7. The van der Waals surface area contributed by atoms with Gasteiger partial charge in [0.1, 0.15) is 11.5 Å². The summed E-state index contributed by atoms with van der Waals surface area (Å²) in [7, 11) is 1.49. The van der Waals surface area contributed by atoms with Gasteiger partial charge in [0.15, 0.2) is 11.5 Å². The monoisotopic (exact) mass is 545 g/mol. The average Bonchev–Trinajstić information content (AvgIpc) is 3.58. The van der Waals surface area contributed by atoms with Gasteiger partial charge in [0.05, 0.1) is 30.6 Å². The standard InChI is InChI=1S/C33H23NO7/c1-38-23-9-5-4-8-22(23)34-31(35)28-20(18-11-12-24-26(14-18)40-16-39-24)15-21-27-19-7-3-2-6-17(19)10-13-25(27)41-33(37)29(21)30(28)32(34)36/h2-15,20,28-30H,16H2,1H3/t20-,28-,29-,30+/m1/s1. The van der Waals surface area contributed by atoms with Crippen molar-refractivity contribution in [2.24, 2.45) is 17.8 Å². The van der Waals surface area contributed by atoms with Crippen molar-refractivity contribution in [3.05, 3.63) is 96.1 Å². The van der Waals surface area contributed by atoms with Crippen LogP contribution in [0.15, 0.2) is 84.9 Å². The summed E-state index contributed by atoms with van der Waals surface area (Å²) in [4.78, 5) is 43.5. The number of allylic oxidation sites excluding steroid dienone is 1. The molecule has 4 aromatic carbocycles. The topological polar surface area (TPSA) is 91.4 Å². The molecule has 4 aromatic rings. The van der Waals surface area contributed by atoms with E-state index < -0.39 is 35.5 Å². The summed E-state index contributed by atoms with van der Waals surface area (Å²) in [6, 6.07) is 24.0. The smallest absolute Gasteiger partial charge is 0.319 e. The van der Waals surface area contributed by atoms with Crippen LogP contribution in [0.1, 0.15) is 17.0 Å². The van der Waals surface area contributed by atoms with Gasteiger partial charge in [-0.1, -0.05) is 54.6 Å². The third-order valence-corrected chi connectivity index (χ3v) is 8.59. The lowest BCUT2D eigenvalue weighted by atomic mass is 9.64. The van der Waals surface area contributed by atoms with Crippen LogP contribution in [0.5, 0.6) is 23.0 Å². The molecule has 0 N–H and O–H groups in total. The van der Waals surface area contributed by atoms with Gasteiger partial charge in [-0.05, 0) is 52.2 Å². The first-order valence-corrected chi connectivity index (χ1v) is 13.4. The van der Waals surface area contributed by atoms with E-state index in [0.29, 0.717) is 34.3 Å². The molecule has 0 radical (unpaired) electrons. The normalized spacial score (nSPS) is 24.0. The summed E-state index contributed by atoms with van der Waals surface area (Å²) < 4.78 is 22.5. The molecule has 1 saturated heterocycles. The first-order valence-electron chi connectivity index (χ1n) is 13.4. The molecule has 0 bridgehead atoms. The molecule has 0 aromatic heterocycles. The Morgan fingerprint density at radius 1 is 0.805 bits per heavy atom. The number of fused-ring (bicyclic) bond motifs is 8. The highest BCUT2D eigenvalue weighted by Crippen LogP contribution is 2.56. The number of rotatable bonds is 3. The van der Waals surface area contributed by atoms with Crippen molar-refractivity contribution in [1.29, 1.82) is 0 Å². The molecule has 3 aliphatic heterocycles. The van der Waals surface area contributed by atoms with Crippen LogP contribution in [0, 0.1) is 17.8 Å². The zero-order chi connectivity index (χ0) is 27.8. The second-order valence-electron chi connectivity index (χ2n) is 10.6. The molecule has 0 saturated carbocycles. The number of benzene rings is 4. The number of ether oxygens (including phenoxy) is 4. The van der Waals surface area contributed by atoms with Crippen LogP contribution in [0.3, 0.4) is 0 Å². The Kier molecular flexibility index (Phi) is 5.04. The average molecular weight is 546 g/mol. The number of methoxy groups -OCH3 is 1. The minimum Gasteiger partial charge on any atom is -0.495 e. The highest BCUT2D eigenvalue weighted by molar-refractivity contribution is 6.25. The van der Waals surface area contributed by atoms with E-state index >= 15 is 0 Å². The summed E-state index contributed by atoms with van der Waals surface area (Å²) in [5.74, 6) is -2.63. The fourth-order valence-corrected chi connectivity index (χ4v) is 6.83. The van der Waals surface area contributed by atoms with Crippen LogP contribution < -0.4 is 23.8 Å². The van der Waals surface area contributed by atoms with E-state index in [1.807, 2.05) is 54.6 Å². The molecule has 202 valence electrons. The molecule has 2 amide bonds. The van der Waals surface area contributed by atoms with E-state index in [-0.39, 0.29) is 12.7 Å². The molecule has 4 aliphatic rings. The Bertz CT molecular complexity index is 1840. The van der Waals surface area contributed by atoms with Crippen molar-refractivity contribution in [2.45, 2.75) is 5.92 Å². The summed E-state index contributed by atoms with van der Waals surface area (Å²) in [5, 5.41) is 1.89. The molecule has 4 atom stereocenters. The van der Waals surface area contributed by atoms with Crippen LogP contribution in [0.4, 0.5) is 5.69 Å². The number of para-hydroxylation sites is 2. The van der Waals surface area contributed by atoms with Gasteiger partial charge in [0.25, 0.3) is 0 Å². The number of nitrogens with zero attached hydrogens (tertiary/aromatic N) is 1. The number of imide groups is 1. The summed E-state index contributed by atoms with van der Waals surface area (Å²) in [6.07, 6.45) is 1.98. The van der Waals surface area contributed by atoms with Crippen molar-refractivity contribution >= 4 is 39.8 Å². The van der Waals surface area contributed by atoms with Crippen LogP contribution in [-0.4, -0.2) is 31.7 Å². The molecule has 0 spiro atoms. The van der Waals surface area contributed by atoms with Crippen LogP contribution in [0.2, 0.25) is 0 Å². The number of anilines is 1. The van der Waals surface area contributed by atoms with E-state index in [4.69, 9.17) is 18.9 Å². The van der Waals surface area contributed by atoms with E-state index in [0.717, 1.165) is 21.9 Å². The lowest BCUT2D eigenvalue weighted by molar-refractivity contribution is -0.142. The zero-order valence-corrected chi connectivity index (χ0v) is 21.9. The maximum absolute atomic E-state index is 14.3. The number of carbonyl (C=O) groups is 3. The van der Waals surface area contributed by atoms with Crippen molar-refractivity contribution in [2.75, 3.05) is 18.8 Å². The quantitative estimate of drug-likeness (QED) is 0.201. The fraction of sp³-hybridized carbons (Fsp3) is 0.182. The van der Waals surface area contributed by atoms with Gasteiger partial charge in [0.2, 0.25) is 18.6 Å². The number of hydrogen-bond donors (Lipinski definition) is 0. The second kappa shape index (κ2) is 8.69. The van der Waals surface area contributed by atoms with Gasteiger partial charge in [-0.15, -0.1) is 0 Å². The summed E-state index contributed by atoms with van der Waals surface area (Å²) >= 11 is 0. The Balaban J connectivity index is 1.37. The Labute approximate surface area is 234 Å². The number of carbonyl (C=O) groups excluding carboxylic acids is 3. The Morgan fingerprint density at radius 2 is 1.56 bits per heavy atom. The van der Waals surface area contributed by atoms with Crippen LogP contribution in [0.25, 0.3) is 16.3 Å². The van der Waals surface area contributed by atoms with Crippen LogP contribution in [-0.2, 0) is 14.4 Å². The number of hydrogen-bond acceptors (Lipinski definition) is 7. The van der Waals surface area contributed by atoms with Gasteiger partial charge in [-0.25, -0.2) is 4.90 Å². The third-order valence-electron chi connectivity index (χ3n) is 8.59. The molecule has 3 heterocycles. The van der Waals surface area contributed by atoms with Gasteiger partial charge in [0, 0.05) is 11.5 Å². The molecule has 41 heavy (non-hydrogen) atoms. The Hall–Kier alpha value is -5.11. The van der Waals surface area contributed by atoms with E-state index in [1.54, 1.807) is 30.3 Å². The van der Waals surface area contributed by atoms with E-state index in [1.165, 1.54) is 12.0 Å². The van der Waals surface area contributed by atoms with Crippen molar-refractivity contribution in [3.8, 4) is 23.0 Å². The minimum absolute atomic E-state index is 0.114. The second-order valence-corrected chi connectivity index (χ2v) is 10.6. The molecule has 0 unspecified atom stereocenters. The van der Waals surface area contributed by atoms with Crippen molar-refractivity contribution in [1.82, 2.24) is 0 Å². The maximum Gasteiger partial charge on any atom is 0.319 e. The van der Waals surface area contributed by atoms with Crippen molar-refractivity contribution in [3.63, 3.8) is 0 Å². The lowest BCUT2D eigenvalue weighted by Crippen LogP contribution is -2.42. The van der Waals surface area contributed by atoms with Gasteiger partial charge in [-0.2, -0.15) is 0 Å². The summed E-state index contributed by atoms with van der Waals surface area (Å²) in [5.41, 5.74) is 2.60. The Morgan fingerprint density at radius 3 is 2.44 bits per heavy atom. The van der Waals surface area contributed by atoms with E-state index in [2.05, 4.69) is 0 Å². The van der Waals surface area contributed by atoms with Crippen LogP contribution >= 0.6 is 0 Å². The number of esters is 1. The molecule has 1 aliphatic carbocycles. The zero-order valence-electron chi connectivity index (χ0n) is 21.9. The predicted octanol–water partition coefficient (Wildman–Crippen LogP) is 5.10. The molecule has 8 heteroatoms. The first-order chi connectivity index (χ1) is 20.0. The molecular formula is C33H23NO7. The van der Waals surface area contributed by atoms with Crippen molar-refractivity contribution < 1.29 is 33.3 Å². The van der Waals surface area contributed by atoms with Gasteiger partial charge < -0.3 is 18.9 Å². The predicted molar refractivity (Wildman–Crippen MR) is 149 cm³/mol. The summed E-state index contributed by atoms with van der Waals surface area (Å²) in [6.45, 7) is 0.114.